The molecule has 3 N–H and O–H groups in total. The molecule has 21 heavy (non-hydrogen) atoms. The molecule has 0 fully saturated rings. The number of ether oxygens (including phenoxy) is 2. The number of hydrogen-bond acceptors (Lipinski definition) is 5. The van der Waals surface area contributed by atoms with Crippen LogP contribution in [-0.2, 0) is 11.2 Å². The molecule has 0 aliphatic rings. The molecule has 2 rings (SSSR count). The minimum atomic E-state index is -0.0240. The van der Waals surface area contributed by atoms with E-state index in [0.29, 0.717) is 23.7 Å². The van der Waals surface area contributed by atoms with E-state index < -0.39 is 0 Å². The number of amidine groups is 1. The molecule has 6 nitrogen and oxygen atoms in total. The molecule has 0 atom stereocenters. The van der Waals surface area contributed by atoms with E-state index in [2.05, 4.69) is 10.1 Å². The van der Waals surface area contributed by atoms with Crippen molar-refractivity contribution in [2.45, 2.75) is 6.42 Å². The molecule has 0 bridgehead atoms. The zero-order chi connectivity index (χ0) is 15.1. The van der Waals surface area contributed by atoms with Crippen molar-refractivity contribution < 1.29 is 14.7 Å². The highest BCUT2D eigenvalue weighted by atomic mass is 16.5. The number of nitrogens with zero attached hydrogens (tertiary/aromatic N) is 2. The smallest absolute Gasteiger partial charge is 0.173 e. The predicted octanol–water partition coefficient (Wildman–Crippen LogP) is 2.16. The molecule has 0 aliphatic carbocycles. The second-order valence-corrected chi connectivity index (χ2v) is 4.35. The van der Waals surface area contributed by atoms with Gasteiger partial charge in [0, 0.05) is 13.3 Å². The molecular formula is C15H17N3O3. The third-order valence-electron chi connectivity index (χ3n) is 2.91. The molecule has 0 unspecified atom stereocenters. The molecule has 1 aromatic carbocycles. The van der Waals surface area contributed by atoms with Gasteiger partial charge in [-0.2, -0.15) is 0 Å². The van der Waals surface area contributed by atoms with Crippen molar-refractivity contribution in [3.8, 4) is 11.5 Å². The van der Waals surface area contributed by atoms with Gasteiger partial charge in [-0.05, 0) is 30.2 Å². The number of aromatic nitrogens is 1. The first-order valence-corrected chi connectivity index (χ1v) is 6.42. The molecule has 0 saturated heterocycles. The van der Waals surface area contributed by atoms with Crippen LogP contribution in [-0.4, -0.2) is 29.7 Å². The Morgan fingerprint density at radius 2 is 2.05 bits per heavy atom. The van der Waals surface area contributed by atoms with Gasteiger partial charge in [-0.15, -0.1) is 0 Å². The molecule has 1 heterocycles. The number of rotatable bonds is 6. The Labute approximate surface area is 122 Å². The Kier molecular flexibility index (Phi) is 5.11. The summed E-state index contributed by atoms with van der Waals surface area (Å²) in [6.07, 6.45) is 3.92. The largest absolute Gasteiger partial charge is 0.455 e. The zero-order valence-electron chi connectivity index (χ0n) is 11.7. The van der Waals surface area contributed by atoms with Gasteiger partial charge in [0.1, 0.15) is 5.75 Å². The van der Waals surface area contributed by atoms with E-state index in [0.717, 1.165) is 12.0 Å². The molecule has 0 aliphatic heterocycles. The summed E-state index contributed by atoms with van der Waals surface area (Å²) >= 11 is 0. The molecule has 110 valence electrons. The number of pyridine rings is 1. The number of methoxy groups -OCH3 is 1. The Bertz CT molecular complexity index is 612. The van der Waals surface area contributed by atoms with E-state index >= 15 is 0 Å². The fourth-order valence-corrected chi connectivity index (χ4v) is 1.80. The van der Waals surface area contributed by atoms with Gasteiger partial charge in [0.15, 0.2) is 11.6 Å². The van der Waals surface area contributed by atoms with Crippen LogP contribution in [0.1, 0.15) is 11.1 Å². The summed E-state index contributed by atoms with van der Waals surface area (Å²) in [6, 6.07) is 9.27. The summed E-state index contributed by atoms with van der Waals surface area (Å²) in [6.45, 7) is 0.677. The number of oxime groups is 1. The van der Waals surface area contributed by atoms with Gasteiger partial charge < -0.3 is 20.4 Å². The molecule has 2 aromatic rings. The minimum absolute atomic E-state index is 0.0240. The Hall–Kier alpha value is -2.60. The van der Waals surface area contributed by atoms with Crippen LogP contribution >= 0.6 is 0 Å². The standard InChI is InChI=1S/C15H17N3O3/c1-20-9-7-11-2-4-12(5-3-11)21-14-10-17-8-6-13(14)15(16)18-19/h2-6,8,10,19H,7,9H2,1H3,(H2,16,18). The van der Waals surface area contributed by atoms with Crippen molar-refractivity contribution in [1.29, 1.82) is 0 Å². The summed E-state index contributed by atoms with van der Waals surface area (Å²) in [5, 5.41) is 11.8. The van der Waals surface area contributed by atoms with Crippen LogP contribution in [0.2, 0.25) is 0 Å². The highest BCUT2D eigenvalue weighted by molar-refractivity contribution is 5.99. The van der Waals surface area contributed by atoms with E-state index in [4.69, 9.17) is 20.4 Å². The predicted molar refractivity (Wildman–Crippen MR) is 78.8 cm³/mol. The van der Waals surface area contributed by atoms with Crippen LogP contribution in [0, 0.1) is 0 Å². The second-order valence-electron chi connectivity index (χ2n) is 4.35. The Balaban J connectivity index is 2.15. The van der Waals surface area contributed by atoms with Crippen molar-refractivity contribution in [2.24, 2.45) is 10.9 Å². The first-order valence-electron chi connectivity index (χ1n) is 6.42. The molecule has 0 saturated carbocycles. The zero-order valence-corrected chi connectivity index (χ0v) is 11.7. The Morgan fingerprint density at radius 3 is 2.71 bits per heavy atom. The van der Waals surface area contributed by atoms with Crippen molar-refractivity contribution in [3.63, 3.8) is 0 Å². The highest BCUT2D eigenvalue weighted by Crippen LogP contribution is 2.24. The maximum Gasteiger partial charge on any atom is 0.173 e. The van der Waals surface area contributed by atoms with E-state index in [9.17, 15) is 0 Å². The summed E-state index contributed by atoms with van der Waals surface area (Å²) < 4.78 is 10.8. The summed E-state index contributed by atoms with van der Waals surface area (Å²) in [4.78, 5) is 3.98. The lowest BCUT2D eigenvalue weighted by Crippen LogP contribution is -2.14. The van der Waals surface area contributed by atoms with Gasteiger partial charge in [0.05, 0.1) is 18.4 Å². The fourth-order valence-electron chi connectivity index (χ4n) is 1.80. The van der Waals surface area contributed by atoms with Crippen LogP contribution in [0.25, 0.3) is 0 Å². The van der Waals surface area contributed by atoms with E-state index in [1.807, 2.05) is 24.3 Å². The monoisotopic (exact) mass is 287 g/mol. The van der Waals surface area contributed by atoms with Gasteiger partial charge in [-0.1, -0.05) is 17.3 Å². The fraction of sp³-hybridized carbons (Fsp3) is 0.200. The average Bonchev–Trinajstić information content (AvgIpc) is 2.54. The normalized spacial score (nSPS) is 11.4. The van der Waals surface area contributed by atoms with Gasteiger partial charge in [0.25, 0.3) is 0 Å². The number of benzene rings is 1. The highest BCUT2D eigenvalue weighted by Gasteiger charge is 2.09. The van der Waals surface area contributed by atoms with Gasteiger partial charge in [0.2, 0.25) is 0 Å². The summed E-state index contributed by atoms with van der Waals surface area (Å²) in [5.74, 6) is 1.05. The van der Waals surface area contributed by atoms with Crippen molar-refractivity contribution in [3.05, 3.63) is 53.9 Å². The molecule has 1 aromatic heterocycles. The molecular weight excluding hydrogens is 270 g/mol. The van der Waals surface area contributed by atoms with Crippen molar-refractivity contribution in [1.82, 2.24) is 4.98 Å². The third-order valence-corrected chi connectivity index (χ3v) is 2.91. The quantitative estimate of drug-likeness (QED) is 0.368. The number of nitrogens with two attached hydrogens (primary N) is 1. The lowest BCUT2D eigenvalue weighted by atomic mass is 10.1. The SMILES string of the molecule is COCCc1ccc(Oc2cnccc2/C(N)=N/O)cc1. The van der Waals surface area contributed by atoms with E-state index in [1.165, 1.54) is 6.20 Å². The maximum absolute atomic E-state index is 8.77. The van der Waals surface area contributed by atoms with E-state index in [-0.39, 0.29) is 5.84 Å². The summed E-state index contributed by atoms with van der Waals surface area (Å²) in [5.41, 5.74) is 7.25. The first-order chi connectivity index (χ1) is 10.2. The first kappa shape index (κ1) is 14.8. The van der Waals surface area contributed by atoms with Crippen molar-refractivity contribution >= 4 is 5.84 Å². The van der Waals surface area contributed by atoms with Crippen LogP contribution in [0.3, 0.4) is 0 Å². The van der Waals surface area contributed by atoms with Gasteiger partial charge in [-0.25, -0.2) is 0 Å². The average molecular weight is 287 g/mol. The van der Waals surface area contributed by atoms with Crippen molar-refractivity contribution in [2.75, 3.05) is 13.7 Å². The van der Waals surface area contributed by atoms with Crippen LogP contribution in [0.5, 0.6) is 11.5 Å². The molecule has 0 spiro atoms. The van der Waals surface area contributed by atoms with Gasteiger partial charge >= 0.3 is 0 Å². The topological polar surface area (TPSA) is 90.0 Å². The summed E-state index contributed by atoms with van der Waals surface area (Å²) in [7, 11) is 1.68. The van der Waals surface area contributed by atoms with Gasteiger partial charge in [-0.3, -0.25) is 4.98 Å². The van der Waals surface area contributed by atoms with Crippen LogP contribution in [0.15, 0.2) is 47.9 Å². The second kappa shape index (κ2) is 7.25. The lowest BCUT2D eigenvalue weighted by molar-refractivity contribution is 0.202. The van der Waals surface area contributed by atoms with E-state index in [1.54, 1.807) is 19.4 Å². The third kappa shape index (κ3) is 3.93. The van der Waals surface area contributed by atoms with Crippen LogP contribution in [0.4, 0.5) is 0 Å². The Morgan fingerprint density at radius 1 is 1.29 bits per heavy atom. The van der Waals surface area contributed by atoms with Crippen LogP contribution < -0.4 is 10.5 Å². The number of hydrogen-bond donors (Lipinski definition) is 2. The molecule has 0 amide bonds. The minimum Gasteiger partial charge on any atom is -0.455 e. The molecule has 0 radical (unpaired) electrons. The lowest BCUT2D eigenvalue weighted by Gasteiger charge is -2.10. The molecule has 6 heteroatoms. The maximum atomic E-state index is 8.77.